The maximum absolute atomic E-state index is 10.7. The van der Waals surface area contributed by atoms with E-state index in [1.807, 2.05) is 13.8 Å². The van der Waals surface area contributed by atoms with Crippen LogP contribution in [-0.2, 0) is 4.79 Å². The van der Waals surface area contributed by atoms with E-state index in [0.29, 0.717) is 5.69 Å². The van der Waals surface area contributed by atoms with Gasteiger partial charge in [0, 0.05) is 12.1 Å². The zero-order valence-electron chi connectivity index (χ0n) is 9.53. The molecule has 1 rings (SSSR count). The summed E-state index contributed by atoms with van der Waals surface area (Å²) in [7, 11) is 0. The lowest BCUT2D eigenvalue weighted by Gasteiger charge is -2.25. The first-order valence-corrected chi connectivity index (χ1v) is 5.00. The lowest BCUT2D eigenvalue weighted by molar-refractivity contribution is -0.389. The molecule has 1 heterocycles. The van der Waals surface area contributed by atoms with Gasteiger partial charge in [0.1, 0.15) is 6.54 Å². The average Bonchev–Trinajstić information content (AvgIpc) is 2.25. The Morgan fingerprint density at radius 3 is 2.59 bits per heavy atom. The van der Waals surface area contributed by atoms with Crippen LogP contribution in [0.5, 0.6) is 0 Å². The minimum Gasteiger partial charge on any atom is -0.480 e. The first-order valence-electron chi connectivity index (χ1n) is 5.00. The molecule has 0 radical (unpaired) electrons. The molecule has 0 saturated heterocycles. The van der Waals surface area contributed by atoms with Crippen LogP contribution in [0.2, 0.25) is 0 Å². The number of nitro groups is 1. The molecule has 0 unspecified atom stereocenters. The van der Waals surface area contributed by atoms with Crippen LogP contribution in [0.25, 0.3) is 0 Å². The van der Waals surface area contributed by atoms with Crippen LogP contribution in [0.1, 0.15) is 13.8 Å². The molecule has 17 heavy (non-hydrogen) atoms. The molecule has 1 N–H and O–H groups in total. The minimum atomic E-state index is -0.961. The molecule has 0 aliphatic carbocycles. The fourth-order valence-electron chi connectivity index (χ4n) is 1.37. The second-order valence-corrected chi connectivity index (χ2v) is 3.75. The number of carbonyl (C=O) groups is 1. The zero-order chi connectivity index (χ0) is 13.0. The van der Waals surface area contributed by atoms with E-state index in [9.17, 15) is 14.9 Å². The topological polar surface area (TPSA) is 96.6 Å². The van der Waals surface area contributed by atoms with Crippen LogP contribution in [0, 0.1) is 10.1 Å². The van der Waals surface area contributed by atoms with E-state index in [-0.39, 0.29) is 18.4 Å². The van der Waals surface area contributed by atoms with Gasteiger partial charge in [-0.3, -0.25) is 4.79 Å². The lowest BCUT2D eigenvalue weighted by Crippen LogP contribution is -2.35. The number of carboxylic acid groups (broad SMARTS) is 1. The average molecular weight is 239 g/mol. The third-order valence-corrected chi connectivity index (χ3v) is 2.18. The van der Waals surface area contributed by atoms with Crippen molar-refractivity contribution in [1.82, 2.24) is 4.98 Å². The van der Waals surface area contributed by atoms with E-state index < -0.39 is 10.9 Å². The number of hydrogen-bond donors (Lipinski definition) is 1. The van der Waals surface area contributed by atoms with E-state index in [1.54, 1.807) is 4.90 Å². The number of aliphatic carboxylic acids is 1. The normalized spacial score (nSPS) is 10.3. The van der Waals surface area contributed by atoms with Gasteiger partial charge in [-0.1, -0.05) is 0 Å². The van der Waals surface area contributed by atoms with Gasteiger partial charge in [0.25, 0.3) is 0 Å². The molecule has 1 aromatic heterocycles. The van der Waals surface area contributed by atoms with Crippen molar-refractivity contribution in [3.05, 3.63) is 28.4 Å². The maximum Gasteiger partial charge on any atom is 0.363 e. The van der Waals surface area contributed by atoms with E-state index in [4.69, 9.17) is 5.11 Å². The zero-order valence-corrected chi connectivity index (χ0v) is 9.53. The molecule has 7 nitrogen and oxygen atoms in total. The molecular weight excluding hydrogens is 226 g/mol. The SMILES string of the molecule is CC(C)N(CC(=O)O)c1ccc([N+](=O)[O-])nc1. The molecule has 7 heteroatoms. The number of aromatic nitrogens is 1. The summed E-state index contributed by atoms with van der Waals surface area (Å²) in [5.41, 5.74) is 0.549. The number of anilines is 1. The van der Waals surface area contributed by atoms with Gasteiger partial charge in [-0.15, -0.1) is 0 Å². The van der Waals surface area contributed by atoms with Gasteiger partial charge in [0.15, 0.2) is 6.20 Å². The fraction of sp³-hybridized carbons (Fsp3) is 0.400. The molecule has 92 valence electrons. The fourth-order valence-corrected chi connectivity index (χ4v) is 1.37. The summed E-state index contributed by atoms with van der Waals surface area (Å²) in [6, 6.07) is 2.72. The van der Waals surface area contributed by atoms with Crippen molar-refractivity contribution in [3.63, 3.8) is 0 Å². The van der Waals surface area contributed by atoms with Gasteiger partial charge < -0.3 is 20.1 Å². The Kier molecular flexibility index (Phi) is 3.97. The Hall–Kier alpha value is -2.18. The van der Waals surface area contributed by atoms with Gasteiger partial charge in [0.2, 0.25) is 0 Å². The van der Waals surface area contributed by atoms with Crippen molar-refractivity contribution in [1.29, 1.82) is 0 Å². The lowest BCUT2D eigenvalue weighted by atomic mass is 10.2. The Morgan fingerprint density at radius 1 is 1.59 bits per heavy atom. The Labute approximate surface area is 97.8 Å². The van der Waals surface area contributed by atoms with E-state index in [2.05, 4.69) is 4.98 Å². The van der Waals surface area contributed by atoms with E-state index in [0.717, 1.165) is 0 Å². The molecule has 0 atom stereocenters. The molecule has 0 bridgehead atoms. The van der Waals surface area contributed by atoms with Crippen molar-refractivity contribution in [3.8, 4) is 0 Å². The standard InChI is InChI=1S/C10H13N3O4/c1-7(2)12(6-10(14)15)8-3-4-9(11-5-8)13(16)17/h3-5,7H,6H2,1-2H3,(H,14,15). The predicted molar refractivity (Wildman–Crippen MR) is 61.0 cm³/mol. The van der Waals surface area contributed by atoms with Crippen LogP contribution < -0.4 is 4.90 Å². The summed E-state index contributed by atoms with van der Waals surface area (Å²) in [6.45, 7) is 3.51. The highest BCUT2D eigenvalue weighted by Gasteiger charge is 2.16. The third-order valence-electron chi connectivity index (χ3n) is 2.18. The first kappa shape index (κ1) is 12.9. The second kappa shape index (κ2) is 5.24. The van der Waals surface area contributed by atoms with Crippen LogP contribution in [0.3, 0.4) is 0 Å². The summed E-state index contributed by atoms with van der Waals surface area (Å²) in [6.07, 6.45) is 1.31. The number of carboxylic acids is 1. The van der Waals surface area contributed by atoms with Crippen LogP contribution >= 0.6 is 0 Å². The molecule has 0 fully saturated rings. The Morgan fingerprint density at radius 2 is 2.24 bits per heavy atom. The molecule has 0 saturated carbocycles. The second-order valence-electron chi connectivity index (χ2n) is 3.75. The highest BCUT2D eigenvalue weighted by molar-refractivity contribution is 5.73. The molecule has 0 aliphatic rings. The summed E-state index contributed by atoms with van der Waals surface area (Å²) < 4.78 is 0. The smallest absolute Gasteiger partial charge is 0.363 e. The number of pyridine rings is 1. The van der Waals surface area contributed by atoms with Crippen molar-refractivity contribution in [2.24, 2.45) is 0 Å². The van der Waals surface area contributed by atoms with Crippen molar-refractivity contribution in [2.75, 3.05) is 11.4 Å². The van der Waals surface area contributed by atoms with Gasteiger partial charge in [-0.2, -0.15) is 0 Å². The monoisotopic (exact) mass is 239 g/mol. The predicted octanol–water partition coefficient (Wildman–Crippen LogP) is 1.29. The largest absolute Gasteiger partial charge is 0.480 e. The Bertz CT molecular complexity index is 416. The van der Waals surface area contributed by atoms with Crippen LogP contribution in [0.15, 0.2) is 18.3 Å². The van der Waals surface area contributed by atoms with Gasteiger partial charge in [0.05, 0.1) is 5.69 Å². The third kappa shape index (κ3) is 3.40. The molecular formula is C10H13N3O4. The highest BCUT2D eigenvalue weighted by atomic mass is 16.6. The summed E-state index contributed by atoms with van der Waals surface area (Å²) in [4.78, 5) is 25.8. The van der Waals surface area contributed by atoms with Crippen LogP contribution in [0.4, 0.5) is 11.5 Å². The van der Waals surface area contributed by atoms with E-state index in [1.165, 1.54) is 18.3 Å². The van der Waals surface area contributed by atoms with Crippen molar-refractivity contribution >= 4 is 17.5 Å². The minimum absolute atomic E-state index is 0.0330. The van der Waals surface area contributed by atoms with Gasteiger partial charge in [-0.25, -0.2) is 0 Å². The molecule has 0 aliphatic heterocycles. The van der Waals surface area contributed by atoms with Crippen molar-refractivity contribution in [2.45, 2.75) is 19.9 Å². The van der Waals surface area contributed by atoms with Gasteiger partial charge >= 0.3 is 11.8 Å². The molecule has 0 aromatic carbocycles. The summed E-state index contributed by atoms with van der Waals surface area (Å²) in [5, 5.41) is 19.2. The number of hydrogen-bond acceptors (Lipinski definition) is 5. The number of nitrogens with zero attached hydrogens (tertiary/aromatic N) is 3. The quantitative estimate of drug-likeness (QED) is 0.614. The summed E-state index contributed by atoms with van der Waals surface area (Å²) in [5.74, 6) is -1.22. The van der Waals surface area contributed by atoms with E-state index >= 15 is 0 Å². The first-order chi connectivity index (χ1) is 7.91. The molecule has 0 spiro atoms. The van der Waals surface area contributed by atoms with Gasteiger partial charge in [-0.05, 0) is 29.8 Å². The summed E-state index contributed by atoms with van der Waals surface area (Å²) >= 11 is 0. The Balaban J connectivity index is 2.95. The number of rotatable bonds is 5. The van der Waals surface area contributed by atoms with Crippen molar-refractivity contribution < 1.29 is 14.8 Å². The maximum atomic E-state index is 10.7. The molecule has 1 aromatic rings. The molecule has 0 amide bonds. The van der Waals surface area contributed by atoms with Crippen LogP contribution in [-0.4, -0.2) is 33.6 Å². The highest BCUT2D eigenvalue weighted by Crippen LogP contribution is 2.18.